The van der Waals surface area contributed by atoms with Gasteiger partial charge in [-0.25, -0.2) is 0 Å². The molecule has 1 amide bonds. The topological polar surface area (TPSA) is 69.6 Å². The molecule has 0 spiro atoms. The van der Waals surface area contributed by atoms with Gasteiger partial charge in [0.15, 0.2) is 0 Å². The lowest BCUT2D eigenvalue weighted by molar-refractivity contribution is -0.136. The van der Waals surface area contributed by atoms with Crippen LogP contribution in [0.2, 0.25) is 0 Å². The number of rotatable bonds is 6. The first kappa shape index (κ1) is 20.2. The van der Waals surface area contributed by atoms with Crippen molar-refractivity contribution in [2.45, 2.75) is 12.5 Å². The van der Waals surface area contributed by atoms with Crippen LogP contribution in [-0.2, 0) is 9.59 Å². The largest absolute Gasteiger partial charge is 0.481 e. The number of benzene rings is 3. The first-order chi connectivity index (χ1) is 14.5. The molecule has 150 valence electrons. The monoisotopic (exact) mass is 510 g/mol. The summed E-state index contributed by atoms with van der Waals surface area (Å²) in [5, 5.41) is 12.8. The zero-order chi connectivity index (χ0) is 21.1. The minimum absolute atomic E-state index is 0.235. The Balaban J connectivity index is 1.87. The highest BCUT2D eigenvalue weighted by atomic mass is 127. The molecule has 0 aromatic heterocycles. The van der Waals surface area contributed by atoms with Crippen molar-refractivity contribution in [3.8, 4) is 0 Å². The molecule has 4 rings (SSSR count). The zero-order valence-corrected chi connectivity index (χ0v) is 18.1. The van der Waals surface area contributed by atoms with Crippen molar-refractivity contribution < 1.29 is 14.7 Å². The van der Waals surface area contributed by atoms with Crippen molar-refractivity contribution in [2.75, 3.05) is 10.2 Å². The fourth-order valence-electron chi connectivity index (χ4n) is 3.67. The summed E-state index contributed by atoms with van der Waals surface area (Å²) in [6.45, 7) is 0. The van der Waals surface area contributed by atoms with Crippen LogP contribution in [0.15, 0.2) is 96.2 Å². The molecule has 1 heterocycles. The molecule has 0 saturated carbocycles. The van der Waals surface area contributed by atoms with Crippen molar-refractivity contribution in [1.82, 2.24) is 0 Å². The van der Waals surface area contributed by atoms with Gasteiger partial charge >= 0.3 is 5.97 Å². The van der Waals surface area contributed by atoms with Crippen LogP contribution >= 0.6 is 22.6 Å². The van der Waals surface area contributed by atoms with Crippen molar-refractivity contribution in [2.24, 2.45) is 0 Å². The fourth-order valence-corrected chi connectivity index (χ4v) is 4.02. The van der Waals surface area contributed by atoms with Crippen LogP contribution in [0, 0.1) is 3.57 Å². The Morgan fingerprint density at radius 1 is 0.933 bits per heavy atom. The van der Waals surface area contributed by atoms with Gasteiger partial charge in [-0.3, -0.25) is 14.5 Å². The summed E-state index contributed by atoms with van der Waals surface area (Å²) in [6.07, 6.45) is -0.235. The number of carboxylic acid groups (broad SMARTS) is 1. The third kappa shape index (κ3) is 4.09. The minimum Gasteiger partial charge on any atom is -0.481 e. The standard InChI is InChI=1S/C24H19IN2O3/c25-17-13-11-16(12-14-17)23-20(15-21(28)29)22(26-18-7-3-1-4-8-18)24(30)27(23)19-9-5-2-6-10-19/h1-14,23,26H,15H2,(H,28,29). The number of hydrogen-bond acceptors (Lipinski definition) is 3. The van der Waals surface area contributed by atoms with E-state index in [4.69, 9.17) is 0 Å². The molecular formula is C24H19IN2O3. The average Bonchev–Trinajstić information content (AvgIpc) is 3.01. The van der Waals surface area contributed by atoms with Crippen LogP contribution in [0.4, 0.5) is 11.4 Å². The van der Waals surface area contributed by atoms with E-state index in [-0.39, 0.29) is 12.3 Å². The van der Waals surface area contributed by atoms with Gasteiger partial charge in [-0.1, -0.05) is 48.5 Å². The number of carbonyl (C=O) groups is 2. The van der Waals surface area contributed by atoms with E-state index in [1.54, 1.807) is 4.90 Å². The van der Waals surface area contributed by atoms with Crippen LogP contribution < -0.4 is 10.2 Å². The normalized spacial score (nSPS) is 16.1. The number of aliphatic carboxylic acids is 1. The number of para-hydroxylation sites is 2. The van der Waals surface area contributed by atoms with Gasteiger partial charge in [0, 0.05) is 14.9 Å². The Morgan fingerprint density at radius 2 is 1.53 bits per heavy atom. The summed E-state index contributed by atoms with van der Waals surface area (Å²) in [7, 11) is 0. The SMILES string of the molecule is O=C(O)CC1=C(Nc2ccccc2)C(=O)N(c2ccccc2)C1c1ccc(I)cc1. The first-order valence-electron chi connectivity index (χ1n) is 9.45. The Hall–Kier alpha value is -3.13. The minimum atomic E-state index is -0.976. The van der Waals surface area contributed by atoms with Crippen molar-refractivity contribution >= 4 is 45.8 Å². The lowest BCUT2D eigenvalue weighted by Crippen LogP contribution is -2.31. The van der Waals surface area contributed by atoms with E-state index >= 15 is 0 Å². The van der Waals surface area contributed by atoms with Gasteiger partial charge in [-0.2, -0.15) is 0 Å². The summed E-state index contributed by atoms with van der Waals surface area (Å²) in [5.41, 5.74) is 3.19. The molecule has 3 aromatic carbocycles. The van der Waals surface area contributed by atoms with E-state index in [0.29, 0.717) is 11.3 Å². The van der Waals surface area contributed by atoms with Crippen LogP contribution in [0.1, 0.15) is 18.0 Å². The zero-order valence-electron chi connectivity index (χ0n) is 16.0. The van der Waals surface area contributed by atoms with Crippen LogP contribution in [0.5, 0.6) is 0 Å². The van der Waals surface area contributed by atoms with Gasteiger partial charge < -0.3 is 10.4 Å². The van der Waals surface area contributed by atoms with E-state index in [1.165, 1.54) is 0 Å². The molecule has 3 aromatic rings. The first-order valence-corrected chi connectivity index (χ1v) is 10.5. The summed E-state index contributed by atoms with van der Waals surface area (Å²) in [4.78, 5) is 27.0. The van der Waals surface area contributed by atoms with E-state index in [0.717, 1.165) is 20.5 Å². The maximum atomic E-state index is 13.6. The number of amides is 1. The van der Waals surface area contributed by atoms with Gasteiger partial charge in [0.1, 0.15) is 5.70 Å². The second kappa shape index (κ2) is 8.71. The number of halogens is 1. The lowest BCUT2D eigenvalue weighted by atomic mass is 9.96. The number of hydrogen-bond donors (Lipinski definition) is 2. The summed E-state index contributed by atoms with van der Waals surface area (Å²) < 4.78 is 1.07. The second-order valence-electron chi connectivity index (χ2n) is 6.93. The Labute approximate surface area is 188 Å². The molecular weight excluding hydrogens is 491 g/mol. The molecule has 1 unspecified atom stereocenters. The summed E-state index contributed by atoms with van der Waals surface area (Å²) in [6, 6.07) is 26.0. The molecule has 0 fully saturated rings. The highest BCUT2D eigenvalue weighted by Gasteiger charge is 2.41. The fraction of sp³-hybridized carbons (Fsp3) is 0.0833. The Morgan fingerprint density at radius 3 is 2.13 bits per heavy atom. The van der Waals surface area contributed by atoms with E-state index in [1.807, 2.05) is 84.9 Å². The van der Waals surface area contributed by atoms with Gasteiger partial charge in [0.05, 0.1) is 12.5 Å². The highest BCUT2D eigenvalue weighted by Crippen LogP contribution is 2.42. The smallest absolute Gasteiger partial charge is 0.307 e. The quantitative estimate of drug-likeness (QED) is 0.447. The molecule has 1 aliphatic rings. The molecule has 0 saturated heterocycles. The van der Waals surface area contributed by atoms with Gasteiger partial charge in [-0.05, 0) is 70.1 Å². The van der Waals surface area contributed by atoms with Crippen LogP contribution in [0.25, 0.3) is 0 Å². The van der Waals surface area contributed by atoms with Crippen molar-refractivity contribution in [1.29, 1.82) is 0 Å². The molecule has 30 heavy (non-hydrogen) atoms. The number of carbonyl (C=O) groups excluding carboxylic acids is 1. The van der Waals surface area contributed by atoms with E-state index in [9.17, 15) is 14.7 Å². The summed E-state index contributed by atoms with van der Waals surface area (Å²) >= 11 is 2.23. The van der Waals surface area contributed by atoms with Crippen LogP contribution in [0.3, 0.4) is 0 Å². The number of nitrogens with one attached hydrogen (secondary N) is 1. The third-order valence-corrected chi connectivity index (χ3v) is 5.67. The molecule has 1 aliphatic heterocycles. The predicted molar refractivity (Wildman–Crippen MR) is 125 cm³/mol. The molecule has 0 bridgehead atoms. The Bertz CT molecular complexity index is 1100. The van der Waals surface area contributed by atoms with E-state index in [2.05, 4.69) is 27.9 Å². The maximum absolute atomic E-state index is 13.6. The second-order valence-corrected chi connectivity index (χ2v) is 8.17. The number of anilines is 2. The maximum Gasteiger partial charge on any atom is 0.307 e. The molecule has 0 aliphatic carbocycles. The number of carboxylic acids is 1. The van der Waals surface area contributed by atoms with Crippen molar-refractivity contribution in [3.05, 3.63) is 105 Å². The molecule has 1 atom stereocenters. The van der Waals surface area contributed by atoms with E-state index < -0.39 is 12.0 Å². The summed E-state index contributed by atoms with van der Waals surface area (Å²) in [5.74, 6) is -1.22. The molecule has 6 heteroatoms. The highest BCUT2D eigenvalue weighted by molar-refractivity contribution is 14.1. The molecule has 5 nitrogen and oxygen atoms in total. The molecule has 0 radical (unpaired) electrons. The predicted octanol–water partition coefficient (Wildman–Crippen LogP) is 5.22. The van der Waals surface area contributed by atoms with Gasteiger partial charge in [0.2, 0.25) is 0 Å². The third-order valence-electron chi connectivity index (χ3n) is 4.95. The Kier molecular flexibility index (Phi) is 5.85. The lowest BCUT2D eigenvalue weighted by Gasteiger charge is -2.27. The van der Waals surface area contributed by atoms with Gasteiger partial charge in [0.25, 0.3) is 5.91 Å². The van der Waals surface area contributed by atoms with Crippen molar-refractivity contribution in [3.63, 3.8) is 0 Å². The van der Waals surface area contributed by atoms with Gasteiger partial charge in [-0.15, -0.1) is 0 Å². The molecule has 2 N–H and O–H groups in total. The number of nitrogens with zero attached hydrogens (tertiary/aromatic N) is 1. The van der Waals surface area contributed by atoms with Crippen LogP contribution in [-0.4, -0.2) is 17.0 Å². The average molecular weight is 510 g/mol.